The Hall–Kier alpha value is -0.830. The summed E-state index contributed by atoms with van der Waals surface area (Å²) in [7, 11) is -3.28. The SMILES string of the molecule is CS(=O)(=O)C1CN(OC(=O)C(F)(F)F)C1. The second-order valence-corrected chi connectivity index (χ2v) is 5.50. The van der Waals surface area contributed by atoms with E-state index in [-0.39, 0.29) is 13.1 Å². The molecule has 0 aromatic carbocycles. The van der Waals surface area contributed by atoms with Crippen molar-refractivity contribution in [2.45, 2.75) is 11.4 Å². The van der Waals surface area contributed by atoms with Gasteiger partial charge in [0.15, 0.2) is 9.84 Å². The van der Waals surface area contributed by atoms with Gasteiger partial charge in [-0.2, -0.15) is 13.2 Å². The highest BCUT2D eigenvalue weighted by Gasteiger charge is 2.45. The van der Waals surface area contributed by atoms with Gasteiger partial charge in [-0.05, 0) is 0 Å². The van der Waals surface area contributed by atoms with Crippen LogP contribution in [-0.4, -0.2) is 50.2 Å². The molecule has 0 unspecified atom stereocenters. The zero-order valence-electron chi connectivity index (χ0n) is 7.61. The van der Waals surface area contributed by atoms with Gasteiger partial charge in [0.25, 0.3) is 0 Å². The molecule has 0 radical (unpaired) electrons. The van der Waals surface area contributed by atoms with Gasteiger partial charge in [0.05, 0.1) is 18.3 Å². The molecule has 0 bridgehead atoms. The number of rotatable bonds is 2. The third-order valence-corrected chi connectivity index (χ3v) is 3.37. The largest absolute Gasteiger partial charge is 0.492 e. The molecule has 1 fully saturated rings. The van der Waals surface area contributed by atoms with E-state index in [0.717, 1.165) is 6.26 Å². The third kappa shape index (κ3) is 3.06. The van der Waals surface area contributed by atoms with Crippen LogP contribution in [0.1, 0.15) is 0 Å². The van der Waals surface area contributed by atoms with Crippen LogP contribution in [-0.2, 0) is 19.5 Å². The van der Waals surface area contributed by atoms with E-state index in [2.05, 4.69) is 4.84 Å². The number of halogens is 3. The Bertz CT molecular complexity index is 357. The average molecular weight is 247 g/mol. The Kier molecular flexibility index (Phi) is 2.97. The van der Waals surface area contributed by atoms with E-state index in [9.17, 15) is 26.4 Å². The van der Waals surface area contributed by atoms with Gasteiger partial charge in [0, 0.05) is 6.26 Å². The van der Waals surface area contributed by atoms with Gasteiger partial charge in [0.1, 0.15) is 0 Å². The summed E-state index contributed by atoms with van der Waals surface area (Å²) < 4.78 is 56.7. The van der Waals surface area contributed by atoms with Crippen LogP contribution in [0, 0.1) is 0 Å². The minimum absolute atomic E-state index is 0.222. The lowest BCUT2D eigenvalue weighted by Crippen LogP contribution is -2.55. The number of nitrogens with zero attached hydrogens (tertiary/aromatic N) is 1. The van der Waals surface area contributed by atoms with E-state index >= 15 is 0 Å². The van der Waals surface area contributed by atoms with Crippen molar-refractivity contribution in [3.8, 4) is 0 Å². The first-order chi connectivity index (χ1) is 6.60. The maximum Gasteiger partial charge on any atom is 0.492 e. The number of sulfone groups is 1. The highest BCUT2D eigenvalue weighted by molar-refractivity contribution is 7.91. The third-order valence-electron chi connectivity index (χ3n) is 1.86. The zero-order chi connectivity index (χ0) is 11.9. The maximum atomic E-state index is 11.7. The fourth-order valence-electron chi connectivity index (χ4n) is 0.915. The summed E-state index contributed by atoms with van der Waals surface area (Å²) in [5.41, 5.74) is 0. The van der Waals surface area contributed by atoms with E-state index in [4.69, 9.17) is 0 Å². The number of alkyl halides is 3. The Labute approximate surface area is 83.7 Å². The predicted molar refractivity (Wildman–Crippen MR) is 42.4 cm³/mol. The zero-order valence-corrected chi connectivity index (χ0v) is 8.43. The highest BCUT2D eigenvalue weighted by atomic mass is 32.2. The minimum atomic E-state index is -5.06. The molecule has 1 rings (SSSR count). The van der Waals surface area contributed by atoms with E-state index in [1.807, 2.05) is 0 Å². The molecular formula is C6H8F3NO4S. The Morgan fingerprint density at radius 2 is 1.87 bits per heavy atom. The molecule has 1 aliphatic rings. The molecule has 0 aromatic heterocycles. The number of hydrogen-bond acceptors (Lipinski definition) is 5. The molecule has 9 heteroatoms. The van der Waals surface area contributed by atoms with Crippen LogP contribution in [0.2, 0.25) is 0 Å². The van der Waals surface area contributed by atoms with Crippen molar-refractivity contribution in [3.05, 3.63) is 0 Å². The molecule has 0 N–H and O–H groups in total. The second-order valence-electron chi connectivity index (χ2n) is 3.17. The lowest BCUT2D eigenvalue weighted by atomic mass is 10.3. The topological polar surface area (TPSA) is 63.7 Å². The Balaban J connectivity index is 2.39. The van der Waals surface area contributed by atoms with Gasteiger partial charge in [0.2, 0.25) is 0 Å². The number of carbonyl (C=O) groups is 1. The normalized spacial score (nSPS) is 19.7. The van der Waals surface area contributed by atoms with Crippen molar-refractivity contribution < 1.29 is 31.2 Å². The minimum Gasteiger partial charge on any atom is -0.361 e. The summed E-state index contributed by atoms with van der Waals surface area (Å²) in [5.74, 6) is -2.34. The van der Waals surface area contributed by atoms with Crippen LogP contribution in [0.15, 0.2) is 0 Å². The van der Waals surface area contributed by atoms with Crippen molar-refractivity contribution in [3.63, 3.8) is 0 Å². The van der Waals surface area contributed by atoms with Crippen molar-refractivity contribution in [1.82, 2.24) is 5.06 Å². The average Bonchev–Trinajstić information content (AvgIpc) is 1.90. The summed E-state index contributed by atoms with van der Waals surface area (Å²) in [5, 5.41) is -0.0971. The highest BCUT2D eigenvalue weighted by Crippen LogP contribution is 2.21. The molecule has 0 aliphatic carbocycles. The molecule has 0 spiro atoms. The molecule has 0 amide bonds. The van der Waals surface area contributed by atoms with E-state index in [1.54, 1.807) is 0 Å². The first kappa shape index (κ1) is 12.2. The van der Waals surface area contributed by atoms with Crippen molar-refractivity contribution in [1.29, 1.82) is 0 Å². The van der Waals surface area contributed by atoms with Crippen LogP contribution in [0.25, 0.3) is 0 Å². The van der Waals surface area contributed by atoms with Gasteiger partial charge in [-0.15, -0.1) is 5.06 Å². The molecule has 5 nitrogen and oxygen atoms in total. The molecule has 88 valence electrons. The van der Waals surface area contributed by atoms with Crippen molar-refractivity contribution >= 4 is 15.8 Å². The van der Waals surface area contributed by atoms with Crippen LogP contribution < -0.4 is 0 Å². The summed E-state index contributed by atoms with van der Waals surface area (Å²) in [6, 6.07) is 0. The molecule has 0 aromatic rings. The first-order valence-corrected chi connectivity index (χ1v) is 5.79. The van der Waals surface area contributed by atoms with Crippen LogP contribution in [0.3, 0.4) is 0 Å². The number of hydrogen-bond donors (Lipinski definition) is 0. The van der Waals surface area contributed by atoms with Crippen molar-refractivity contribution in [2.75, 3.05) is 19.3 Å². The van der Waals surface area contributed by atoms with Crippen LogP contribution >= 0.6 is 0 Å². The Morgan fingerprint density at radius 1 is 1.40 bits per heavy atom. The summed E-state index contributed by atoms with van der Waals surface area (Å²) in [4.78, 5) is 14.2. The fourth-order valence-corrected chi connectivity index (χ4v) is 1.79. The van der Waals surface area contributed by atoms with Gasteiger partial charge < -0.3 is 4.84 Å². The quantitative estimate of drug-likeness (QED) is 0.672. The van der Waals surface area contributed by atoms with E-state index in [1.165, 1.54) is 0 Å². The molecular weight excluding hydrogens is 239 g/mol. The summed E-state index contributed by atoms with van der Waals surface area (Å²) in [6.45, 7) is -0.443. The number of hydroxylamine groups is 2. The Morgan fingerprint density at radius 3 is 2.20 bits per heavy atom. The monoisotopic (exact) mass is 247 g/mol. The predicted octanol–water partition coefficient (Wildman–Crippen LogP) is -0.264. The van der Waals surface area contributed by atoms with Gasteiger partial charge in [-0.25, -0.2) is 13.2 Å². The second kappa shape index (κ2) is 3.63. The lowest BCUT2D eigenvalue weighted by molar-refractivity contribution is -0.249. The summed E-state index contributed by atoms with van der Waals surface area (Å²) >= 11 is 0. The molecule has 1 aliphatic heterocycles. The molecule has 0 saturated carbocycles. The van der Waals surface area contributed by atoms with Crippen LogP contribution in [0.4, 0.5) is 13.2 Å². The van der Waals surface area contributed by atoms with E-state index < -0.39 is 27.2 Å². The lowest BCUT2D eigenvalue weighted by Gasteiger charge is -2.35. The van der Waals surface area contributed by atoms with Gasteiger partial charge >= 0.3 is 12.1 Å². The van der Waals surface area contributed by atoms with Gasteiger partial charge in [-0.3, -0.25) is 0 Å². The maximum absolute atomic E-state index is 11.7. The molecule has 1 heterocycles. The standard InChI is InChI=1S/C6H8F3NO4S/c1-15(12,13)4-2-10(3-4)14-5(11)6(7,8)9/h4H,2-3H2,1H3. The number of carbonyl (C=O) groups excluding carboxylic acids is 1. The molecule has 1 saturated heterocycles. The fraction of sp³-hybridized carbons (Fsp3) is 0.833. The van der Waals surface area contributed by atoms with Crippen molar-refractivity contribution in [2.24, 2.45) is 0 Å². The summed E-state index contributed by atoms with van der Waals surface area (Å²) in [6.07, 6.45) is -4.09. The van der Waals surface area contributed by atoms with Crippen LogP contribution in [0.5, 0.6) is 0 Å². The van der Waals surface area contributed by atoms with E-state index in [0.29, 0.717) is 5.06 Å². The first-order valence-electron chi connectivity index (χ1n) is 3.83. The smallest absolute Gasteiger partial charge is 0.361 e. The molecule has 15 heavy (non-hydrogen) atoms. The van der Waals surface area contributed by atoms with Gasteiger partial charge in [-0.1, -0.05) is 0 Å². The molecule has 0 atom stereocenters.